The summed E-state index contributed by atoms with van der Waals surface area (Å²) < 4.78 is 31.7. The standard InChI is InChI=1S/C11H12N4O2.C2HF3O2/c1-11(9(16)17)4-8(5-11)15-10-13-3-2-7(6-12)14-10;3-2(4,5)1(6)7/h2-3,8H,4-5H2,1H3,(H,16,17)(H,13,14,15);(H,6,7). The van der Waals surface area contributed by atoms with Crippen molar-refractivity contribution >= 4 is 17.9 Å². The summed E-state index contributed by atoms with van der Waals surface area (Å²) in [6.45, 7) is 1.72. The fourth-order valence-electron chi connectivity index (χ4n) is 1.98. The van der Waals surface area contributed by atoms with Gasteiger partial charge >= 0.3 is 18.1 Å². The summed E-state index contributed by atoms with van der Waals surface area (Å²) in [6.07, 6.45) is -2.49. The molecule has 1 heterocycles. The second-order valence-electron chi connectivity index (χ2n) is 5.30. The first-order chi connectivity index (χ1) is 11.0. The Hall–Kier alpha value is -2.90. The van der Waals surface area contributed by atoms with E-state index in [1.165, 1.54) is 12.3 Å². The summed E-state index contributed by atoms with van der Waals surface area (Å²) in [5.74, 6) is -3.16. The van der Waals surface area contributed by atoms with E-state index >= 15 is 0 Å². The van der Waals surface area contributed by atoms with Gasteiger partial charge in [-0.15, -0.1) is 0 Å². The number of anilines is 1. The van der Waals surface area contributed by atoms with E-state index in [4.69, 9.17) is 20.3 Å². The monoisotopic (exact) mass is 346 g/mol. The van der Waals surface area contributed by atoms with Gasteiger partial charge < -0.3 is 15.5 Å². The molecular weight excluding hydrogens is 333 g/mol. The van der Waals surface area contributed by atoms with Gasteiger partial charge in [-0.05, 0) is 25.8 Å². The fraction of sp³-hybridized carbons (Fsp3) is 0.462. The van der Waals surface area contributed by atoms with Gasteiger partial charge in [-0.2, -0.15) is 18.4 Å². The Balaban J connectivity index is 0.000000351. The van der Waals surface area contributed by atoms with Crippen LogP contribution in [0.25, 0.3) is 0 Å². The molecule has 0 saturated heterocycles. The van der Waals surface area contributed by atoms with Crippen molar-refractivity contribution in [3.05, 3.63) is 18.0 Å². The molecule has 1 saturated carbocycles. The molecule has 3 N–H and O–H groups in total. The summed E-state index contributed by atoms with van der Waals surface area (Å²) in [6, 6.07) is 3.51. The second-order valence-corrected chi connectivity index (χ2v) is 5.30. The lowest BCUT2D eigenvalue weighted by Gasteiger charge is -2.41. The van der Waals surface area contributed by atoms with Gasteiger partial charge in [0.1, 0.15) is 11.8 Å². The number of carbonyl (C=O) groups is 2. The van der Waals surface area contributed by atoms with Gasteiger partial charge in [-0.25, -0.2) is 14.8 Å². The number of rotatable bonds is 3. The number of aliphatic carboxylic acids is 2. The van der Waals surface area contributed by atoms with Crippen LogP contribution in [0.3, 0.4) is 0 Å². The van der Waals surface area contributed by atoms with Crippen LogP contribution in [0.4, 0.5) is 19.1 Å². The third-order valence-electron chi connectivity index (χ3n) is 3.26. The van der Waals surface area contributed by atoms with Crippen LogP contribution in [0.15, 0.2) is 12.3 Å². The Bertz CT molecular complexity index is 666. The van der Waals surface area contributed by atoms with Crippen LogP contribution < -0.4 is 5.32 Å². The smallest absolute Gasteiger partial charge is 0.481 e. The fourth-order valence-corrected chi connectivity index (χ4v) is 1.98. The van der Waals surface area contributed by atoms with Gasteiger partial charge in [0.05, 0.1) is 5.41 Å². The zero-order chi connectivity index (χ0) is 18.5. The minimum atomic E-state index is -5.08. The summed E-state index contributed by atoms with van der Waals surface area (Å²) in [4.78, 5) is 27.8. The number of hydrogen-bond acceptors (Lipinski definition) is 6. The van der Waals surface area contributed by atoms with E-state index < -0.39 is 23.5 Å². The number of aromatic nitrogens is 2. The van der Waals surface area contributed by atoms with Crippen molar-refractivity contribution in [1.82, 2.24) is 9.97 Å². The van der Waals surface area contributed by atoms with Crippen molar-refractivity contribution in [2.24, 2.45) is 5.41 Å². The van der Waals surface area contributed by atoms with Crippen LogP contribution in [0.2, 0.25) is 0 Å². The lowest BCUT2D eigenvalue weighted by atomic mass is 9.67. The summed E-state index contributed by atoms with van der Waals surface area (Å²) in [5, 5.41) is 27.8. The van der Waals surface area contributed by atoms with Crippen molar-refractivity contribution in [2.75, 3.05) is 5.32 Å². The first-order valence-electron chi connectivity index (χ1n) is 6.51. The van der Waals surface area contributed by atoms with Crippen LogP contribution >= 0.6 is 0 Å². The van der Waals surface area contributed by atoms with Crippen LogP contribution in [-0.4, -0.2) is 44.3 Å². The molecule has 1 fully saturated rings. The SMILES string of the molecule is CC1(C(=O)O)CC(Nc2nccc(C#N)n2)C1.O=C(O)C(F)(F)F. The van der Waals surface area contributed by atoms with Crippen molar-refractivity contribution in [3.8, 4) is 6.07 Å². The molecule has 0 aliphatic heterocycles. The molecule has 0 spiro atoms. The number of nitrogens with one attached hydrogen (secondary N) is 1. The first kappa shape index (κ1) is 19.1. The molecule has 0 amide bonds. The minimum absolute atomic E-state index is 0.0602. The molecule has 11 heteroatoms. The lowest BCUT2D eigenvalue weighted by Crippen LogP contribution is -2.48. The predicted molar refractivity (Wildman–Crippen MR) is 72.8 cm³/mol. The third-order valence-corrected chi connectivity index (χ3v) is 3.26. The Morgan fingerprint density at radius 1 is 1.42 bits per heavy atom. The Morgan fingerprint density at radius 2 is 1.96 bits per heavy atom. The minimum Gasteiger partial charge on any atom is -0.481 e. The molecule has 2 rings (SSSR count). The quantitative estimate of drug-likeness (QED) is 0.751. The van der Waals surface area contributed by atoms with E-state index in [1.54, 1.807) is 6.92 Å². The first-order valence-corrected chi connectivity index (χ1v) is 6.51. The number of nitriles is 1. The number of carboxylic acid groups (broad SMARTS) is 2. The Labute approximate surface area is 134 Å². The summed E-state index contributed by atoms with van der Waals surface area (Å²) >= 11 is 0. The predicted octanol–water partition coefficient (Wildman–Crippen LogP) is 1.65. The van der Waals surface area contributed by atoms with E-state index in [0.29, 0.717) is 24.5 Å². The molecule has 0 atom stereocenters. The second kappa shape index (κ2) is 7.12. The number of alkyl halides is 3. The van der Waals surface area contributed by atoms with Crippen molar-refractivity contribution < 1.29 is 33.0 Å². The van der Waals surface area contributed by atoms with E-state index in [-0.39, 0.29) is 6.04 Å². The highest BCUT2D eigenvalue weighted by molar-refractivity contribution is 5.76. The number of nitrogens with zero attached hydrogens (tertiary/aromatic N) is 3. The largest absolute Gasteiger partial charge is 0.490 e. The topological polar surface area (TPSA) is 136 Å². The average Bonchev–Trinajstić information content (AvgIpc) is 2.45. The molecule has 1 aromatic rings. The number of hydrogen-bond donors (Lipinski definition) is 3. The highest BCUT2D eigenvalue weighted by Crippen LogP contribution is 2.41. The average molecular weight is 346 g/mol. The summed E-state index contributed by atoms with van der Waals surface area (Å²) in [7, 11) is 0. The third kappa shape index (κ3) is 5.08. The maximum atomic E-state index is 10.9. The van der Waals surface area contributed by atoms with Gasteiger partial charge in [0, 0.05) is 12.2 Å². The molecule has 0 radical (unpaired) electrons. The van der Waals surface area contributed by atoms with Gasteiger partial charge in [-0.1, -0.05) is 0 Å². The van der Waals surface area contributed by atoms with E-state index in [2.05, 4.69) is 15.3 Å². The Kier molecular flexibility index (Phi) is 5.68. The van der Waals surface area contributed by atoms with Crippen LogP contribution in [0, 0.1) is 16.7 Å². The van der Waals surface area contributed by atoms with E-state index in [0.717, 1.165) is 0 Å². The molecular formula is C13H13F3N4O4. The van der Waals surface area contributed by atoms with Gasteiger partial charge in [0.25, 0.3) is 0 Å². The highest BCUT2D eigenvalue weighted by Gasteiger charge is 2.46. The van der Waals surface area contributed by atoms with Gasteiger partial charge in [0.15, 0.2) is 0 Å². The normalized spacial score (nSPS) is 22.2. The van der Waals surface area contributed by atoms with Crippen molar-refractivity contribution in [2.45, 2.75) is 32.0 Å². The zero-order valence-corrected chi connectivity index (χ0v) is 12.3. The lowest BCUT2D eigenvalue weighted by molar-refractivity contribution is -0.192. The molecule has 8 nitrogen and oxygen atoms in total. The van der Waals surface area contributed by atoms with Crippen molar-refractivity contribution in [1.29, 1.82) is 5.26 Å². The van der Waals surface area contributed by atoms with E-state index in [9.17, 15) is 18.0 Å². The maximum absolute atomic E-state index is 10.9. The summed E-state index contributed by atoms with van der Waals surface area (Å²) in [5.41, 5.74) is -0.354. The molecule has 0 bridgehead atoms. The molecule has 1 aliphatic rings. The maximum Gasteiger partial charge on any atom is 0.490 e. The zero-order valence-electron chi connectivity index (χ0n) is 12.3. The molecule has 24 heavy (non-hydrogen) atoms. The molecule has 0 unspecified atom stereocenters. The van der Waals surface area contributed by atoms with Gasteiger partial charge in [-0.3, -0.25) is 4.79 Å². The number of carboxylic acids is 2. The molecule has 130 valence electrons. The number of halogens is 3. The Morgan fingerprint density at radius 3 is 2.38 bits per heavy atom. The van der Waals surface area contributed by atoms with Crippen molar-refractivity contribution in [3.63, 3.8) is 0 Å². The molecule has 1 aliphatic carbocycles. The highest BCUT2D eigenvalue weighted by atomic mass is 19.4. The van der Waals surface area contributed by atoms with Gasteiger partial charge in [0.2, 0.25) is 5.95 Å². The molecule has 1 aromatic heterocycles. The molecule has 0 aromatic carbocycles. The van der Waals surface area contributed by atoms with E-state index in [1.807, 2.05) is 6.07 Å². The van der Waals surface area contributed by atoms with Crippen LogP contribution in [-0.2, 0) is 9.59 Å². The van der Waals surface area contributed by atoms with Crippen LogP contribution in [0.1, 0.15) is 25.5 Å². The van der Waals surface area contributed by atoms with Crippen LogP contribution in [0.5, 0.6) is 0 Å².